The Morgan fingerprint density at radius 1 is 0.759 bits per heavy atom. The largest absolute Gasteiger partial charge is 0.383 e. The zero-order chi connectivity index (χ0) is 20.4. The zero-order valence-electron chi connectivity index (χ0n) is 16.5. The standard InChI is InChI=1S/C26H21N3/c1-17-8-9-18(2)22(14-17)23-15-25(29-26(28)24(23)16-27)21-12-10-20(11-13-21)19-6-4-3-5-7-19/h3-15H,1-2H3,(H2,28,29). The SMILES string of the molecule is Cc1ccc(C)c(-c2cc(-c3ccc(-c4ccccc4)cc3)nc(N)c2C#N)c1. The Hall–Kier alpha value is -3.90. The molecule has 0 amide bonds. The molecule has 3 nitrogen and oxygen atoms in total. The van der Waals surface area contributed by atoms with Crippen molar-refractivity contribution in [2.45, 2.75) is 13.8 Å². The van der Waals surface area contributed by atoms with Crippen LogP contribution in [0.2, 0.25) is 0 Å². The minimum absolute atomic E-state index is 0.257. The van der Waals surface area contributed by atoms with Crippen molar-refractivity contribution in [3.05, 3.63) is 95.6 Å². The van der Waals surface area contributed by atoms with E-state index in [2.05, 4.69) is 53.5 Å². The van der Waals surface area contributed by atoms with Crippen molar-refractivity contribution in [2.75, 3.05) is 5.73 Å². The van der Waals surface area contributed by atoms with E-state index in [9.17, 15) is 5.26 Å². The summed E-state index contributed by atoms with van der Waals surface area (Å²) in [5, 5.41) is 9.67. The minimum atomic E-state index is 0.257. The number of pyridine rings is 1. The Labute approximate surface area is 171 Å². The smallest absolute Gasteiger partial charge is 0.142 e. The van der Waals surface area contributed by atoms with Crippen molar-refractivity contribution in [1.82, 2.24) is 4.98 Å². The normalized spacial score (nSPS) is 10.5. The fourth-order valence-corrected chi connectivity index (χ4v) is 3.53. The van der Waals surface area contributed by atoms with E-state index < -0.39 is 0 Å². The number of nitrogens with two attached hydrogens (primary N) is 1. The average Bonchev–Trinajstić information content (AvgIpc) is 2.75. The number of hydrogen-bond acceptors (Lipinski definition) is 3. The maximum Gasteiger partial charge on any atom is 0.142 e. The number of nitrogens with zero attached hydrogens (tertiary/aromatic N) is 2. The van der Waals surface area contributed by atoms with Crippen LogP contribution in [0.5, 0.6) is 0 Å². The molecule has 0 atom stereocenters. The highest BCUT2D eigenvalue weighted by molar-refractivity contribution is 5.82. The van der Waals surface area contributed by atoms with Crippen molar-refractivity contribution in [1.29, 1.82) is 5.26 Å². The molecule has 0 radical (unpaired) electrons. The molecule has 0 saturated carbocycles. The summed E-state index contributed by atoms with van der Waals surface area (Å²) in [4.78, 5) is 4.51. The Balaban J connectivity index is 1.82. The summed E-state index contributed by atoms with van der Waals surface area (Å²) in [6, 6.07) is 28.9. The van der Waals surface area contributed by atoms with Gasteiger partial charge in [0.15, 0.2) is 0 Å². The molecule has 4 rings (SSSR count). The summed E-state index contributed by atoms with van der Waals surface area (Å²) >= 11 is 0. The van der Waals surface area contributed by atoms with Gasteiger partial charge >= 0.3 is 0 Å². The van der Waals surface area contributed by atoms with Gasteiger partial charge in [0, 0.05) is 11.1 Å². The number of nitriles is 1. The maximum absolute atomic E-state index is 9.67. The van der Waals surface area contributed by atoms with E-state index in [-0.39, 0.29) is 5.82 Å². The third kappa shape index (κ3) is 3.61. The van der Waals surface area contributed by atoms with E-state index in [1.165, 1.54) is 5.56 Å². The van der Waals surface area contributed by atoms with Crippen molar-refractivity contribution >= 4 is 5.82 Å². The summed E-state index contributed by atoms with van der Waals surface area (Å²) in [5.74, 6) is 0.257. The molecule has 0 unspecified atom stereocenters. The molecule has 3 heteroatoms. The first-order valence-electron chi connectivity index (χ1n) is 9.51. The fraction of sp³-hybridized carbons (Fsp3) is 0.0769. The molecular formula is C26H21N3. The van der Waals surface area contributed by atoms with Crippen molar-refractivity contribution in [3.63, 3.8) is 0 Å². The quantitative estimate of drug-likeness (QED) is 0.467. The zero-order valence-corrected chi connectivity index (χ0v) is 16.5. The Morgan fingerprint density at radius 2 is 1.41 bits per heavy atom. The second-order valence-electron chi connectivity index (χ2n) is 7.19. The van der Waals surface area contributed by atoms with Gasteiger partial charge in [-0.1, -0.05) is 78.4 Å². The Bertz CT molecular complexity index is 1220. The highest BCUT2D eigenvalue weighted by Crippen LogP contribution is 2.34. The van der Waals surface area contributed by atoms with Crippen LogP contribution >= 0.6 is 0 Å². The fourth-order valence-electron chi connectivity index (χ4n) is 3.53. The third-order valence-corrected chi connectivity index (χ3v) is 5.13. The monoisotopic (exact) mass is 375 g/mol. The number of nitrogen functional groups attached to an aromatic ring is 1. The van der Waals surface area contributed by atoms with E-state index in [4.69, 9.17) is 5.73 Å². The molecule has 29 heavy (non-hydrogen) atoms. The molecule has 0 fully saturated rings. The number of anilines is 1. The summed E-state index contributed by atoms with van der Waals surface area (Å²) < 4.78 is 0. The van der Waals surface area contributed by atoms with E-state index in [1.54, 1.807) is 0 Å². The first-order chi connectivity index (χ1) is 14.1. The van der Waals surface area contributed by atoms with Crippen LogP contribution in [0, 0.1) is 25.2 Å². The molecular weight excluding hydrogens is 354 g/mol. The average molecular weight is 375 g/mol. The molecule has 0 spiro atoms. The van der Waals surface area contributed by atoms with Gasteiger partial charge in [-0.25, -0.2) is 4.98 Å². The first-order valence-corrected chi connectivity index (χ1v) is 9.51. The molecule has 2 N–H and O–H groups in total. The van der Waals surface area contributed by atoms with Gasteiger partial charge in [-0.2, -0.15) is 5.26 Å². The van der Waals surface area contributed by atoms with Crippen LogP contribution in [-0.4, -0.2) is 4.98 Å². The molecule has 0 aliphatic heterocycles. The van der Waals surface area contributed by atoms with Crippen molar-refractivity contribution in [2.24, 2.45) is 0 Å². The Kier molecular flexibility index (Phi) is 4.85. The molecule has 0 bridgehead atoms. The number of rotatable bonds is 3. The number of hydrogen-bond donors (Lipinski definition) is 1. The summed E-state index contributed by atoms with van der Waals surface area (Å²) in [6.07, 6.45) is 0. The molecule has 0 saturated heterocycles. The van der Waals surface area contributed by atoms with Crippen LogP contribution in [-0.2, 0) is 0 Å². The van der Waals surface area contributed by atoms with E-state index in [1.807, 2.05) is 50.2 Å². The molecule has 1 heterocycles. The van der Waals surface area contributed by atoms with Crippen LogP contribution in [0.4, 0.5) is 5.82 Å². The van der Waals surface area contributed by atoms with Crippen molar-refractivity contribution < 1.29 is 0 Å². The minimum Gasteiger partial charge on any atom is -0.383 e. The van der Waals surface area contributed by atoms with Crippen LogP contribution in [0.25, 0.3) is 33.5 Å². The Morgan fingerprint density at radius 3 is 2.10 bits per heavy atom. The summed E-state index contributed by atoms with van der Waals surface area (Å²) in [6.45, 7) is 4.09. The molecule has 0 aliphatic carbocycles. The second-order valence-corrected chi connectivity index (χ2v) is 7.19. The summed E-state index contributed by atoms with van der Waals surface area (Å²) in [5.41, 5.74) is 14.7. The van der Waals surface area contributed by atoms with Gasteiger partial charge in [-0.05, 0) is 42.2 Å². The van der Waals surface area contributed by atoms with Gasteiger partial charge in [0.25, 0.3) is 0 Å². The second kappa shape index (κ2) is 7.61. The maximum atomic E-state index is 9.67. The van der Waals surface area contributed by atoms with Crippen molar-refractivity contribution in [3.8, 4) is 39.6 Å². The highest BCUT2D eigenvalue weighted by Gasteiger charge is 2.15. The van der Waals surface area contributed by atoms with Crippen LogP contribution in [0.15, 0.2) is 78.9 Å². The van der Waals surface area contributed by atoms with Crippen LogP contribution in [0.1, 0.15) is 16.7 Å². The van der Waals surface area contributed by atoms with Gasteiger partial charge in [-0.3, -0.25) is 0 Å². The number of benzene rings is 3. The van der Waals surface area contributed by atoms with Gasteiger partial charge in [0.2, 0.25) is 0 Å². The predicted molar refractivity (Wildman–Crippen MR) is 119 cm³/mol. The van der Waals surface area contributed by atoms with Gasteiger partial charge in [0.05, 0.1) is 5.69 Å². The van der Waals surface area contributed by atoms with Crippen LogP contribution in [0.3, 0.4) is 0 Å². The molecule has 0 aliphatic rings. The molecule has 3 aromatic carbocycles. The number of aryl methyl sites for hydroxylation is 2. The lowest BCUT2D eigenvalue weighted by atomic mass is 9.93. The van der Waals surface area contributed by atoms with Crippen LogP contribution < -0.4 is 5.73 Å². The summed E-state index contributed by atoms with van der Waals surface area (Å²) in [7, 11) is 0. The molecule has 1 aromatic heterocycles. The van der Waals surface area contributed by atoms with Gasteiger partial charge < -0.3 is 5.73 Å². The number of aromatic nitrogens is 1. The topological polar surface area (TPSA) is 62.7 Å². The van der Waals surface area contributed by atoms with E-state index in [0.29, 0.717) is 5.56 Å². The third-order valence-electron chi connectivity index (χ3n) is 5.13. The van der Waals surface area contributed by atoms with E-state index in [0.717, 1.165) is 39.1 Å². The highest BCUT2D eigenvalue weighted by atomic mass is 14.8. The van der Waals surface area contributed by atoms with E-state index >= 15 is 0 Å². The first kappa shape index (κ1) is 18.5. The lowest BCUT2D eigenvalue weighted by Gasteiger charge is -2.13. The van der Waals surface area contributed by atoms with Gasteiger partial charge in [0.1, 0.15) is 17.5 Å². The lowest BCUT2D eigenvalue weighted by Crippen LogP contribution is -2.00. The van der Waals surface area contributed by atoms with Gasteiger partial charge in [-0.15, -0.1) is 0 Å². The predicted octanol–water partition coefficient (Wildman–Crippen LogP) is 6.15. The molecule has 4 aromatic rings. The lowest BCUT2D eigenvalue weighted by molar-refractivity contribution is 1.30. The molecule has 140 valence electrons.